The monoisotopic (exact) mass is 300 g/mol. The molecule has 0 radical (unpaired) electrons. The number of ether oxygens (including phenoxy) is 1. The molecule has 1 aromatic rings. The molecule has 0 aromatic carbocycles. The van der Waals surface area contributed by atoms with Gasteiger partial charge in [-0.05, 0) is 19.4 Å². The highest BCUT2D eigenvalue weighted by molar-refractivity contribution is 7.14. The number of hydrogen-bond acceptors (Lipinski definition) is 5. The van der Waals surface area contributed by atoms with Crippen LogP contribution in [0.2, 0.25) is 0 Å². The molecular formula is C12H16N2O5S. The standard InChI is InChI=1S/C12H16N2O5S/c1-3-4-13-12(18)14-9(15)6-19-8-5-7(2)20-10(8)11(16)17/h5H,3-4,6H2,1-2H3,(H,16,17)(H2,13,14,15,18). The zero-order valence-corrected chi connectivity index (χ0v) is 12.0. The lowest BCUT2D eigenvalue weighted by Gasteiger charge is -2.07. The zero-order valence-electron chi connectivity index (χ0n) is 11.2. The van der Waals surface area contributed by atoms with Gasteiger partial charge < -0.3 is 15.2 Å². The van der Waals surface area contributed by atoms with Crippen molar-refractivity contribution >= 4 is 29.2 Å². The molecule has 0 saturated carbocycles. The molecule has 0 aliphatic carbocycles. The molecule has 1 aromatic heterocycles. The molecule has 0 aliphatic rings. The number of hydrogen-bond donors (Lipinski definition) is 3. The number of rotatable bonds is 6. The average molecular weight is 300 g/mol. The molecule has 3 amide bonds. The topological polar surface area (TPSA) is 105 Å². The van der Waals surface area contributed by atoms with Crippen molar-refractivity contribution < 1.29 is 24.2 Å². The summed E-state index contributed by atoms with van der Waals surface area (Å²) in [5.41, 5.74) is 0. The molecule has 110 valence electrons. The van der Waals surface area contributed by atoms with Crippen molar-refractivity contribution in [3.05, 3.63) is 15.8 Å². The van der Waals surface area contributed by atoms with E-state index in [4.69, 9.17) is 9.84 Å². The number of carboxylic acids is 1. The van der Waals surface area contributed by atoms with Gasteiger partial charge in [0.25, 0.3) is 5.91 Å². The lowest BCUT2D eigenvalue weighted by atomic mass is 10.4. The molecule has 1 rings (SSSR count). The minimum Gasteiger partial charge on any atom is -0.482 e. The molecule has 0 saturated heterocycles. The quantitative estimate of drug-likeness (QED) is 0.736. The number of thiophene rings is 1. The highest BCUT2D eigenvalue weighted by Crippen LogP contribution is 2.28. The molecule has 1 heterocycles. The molecule has 0 bridgehead atoms. The number of carbonyl (C=O) groups excluding carboxylic acids is 2. The van der Waals surface area contributed by atoms with Crippen LogP contribution in [-0.4, -0.2) is 36.2 Å². The number of imide groups is 1. The summed E-state index contributed by atoms with van der Waals surface area (Å²) >= 11 is 1.06. The van der Waals surface area contributed by atoms with Gasteiger partial charge in [-0.1, -0.05) is 6.92 Å². The van der Waals surface area contributed by atoms with Gasteiger partial charge >= 0.3 is 12.0 Å². The third-order valence-corrected chi connectivity index (χ3v) is 3.18. The van der Waals surface area contributed by atoms with Gasteiger partial charge in [0.2, 0.25) is 0 Å². The van der Waals surface area contributed by atoms with E-state index in [0.717, 1.165) is 22.6 Å². The van der Waals surface area contributed by atoms with E-state index in [0.29, 0.717) is 6.54 Å². The maximum atomic E-state index is 11.4. The Morgan fingerprint density at radius 3 is 2.70 bits per heavy atom. The van der Waals surface area contributed by atoms with Crippen molar-refractivity contribution in [1.82, 2.24) is 10.6 Å². The first-order chi connectivity index (χ1) is 9.43. The lowest BCUT2D eigenvalue weighted by Crippen LogP contribution is -2.41. The molecular weight excluding hydrogens is 284 g/mol. The first-order valence-electron chi connectivity index (χ1n) is 5.98. The minimum absolute atomic E-state index is 0.0331. The van der Waals surface area contributed by atoms with Gasteiger partial charge in [0.15, 0.2) is 11.5 Å². The van der Waals surface area contributed by atoms with E-state index in [1.165, 1.54) is 0 Å². The Labute approximate surface area is 119 Å². The van der Waals surface area contributed by atoms with Crippen LogP contribution in [0.3, 0.4) is 0 Å². The maximum absolute atomic E-state index is 11.4. The van der Waals surface area contributed by atoms with Gasteiger partial charge in [-0.15, -0.1) is 11.3 Å². The second-order valence-electron chi connectivity index (χ2n) is 3.95. The van der Waals surface area contributed by atoms with Crippen LogP contribution >= 0.6 is 11.3 Å². The molecule has 7 nitrogen and oxygen atoms in total. The van der Waals surface area contributed by atoms with Crippen LogP contribution in [-0.2, 0) is 4.79 Å². The van der Waals surface area contributed by atoms with E-state index < -0.39 is 24.5 Å². The van der Waals surface area contributed by atoms with Crippen LogP contribution < -0.4 is 15.4 Å². The largest absolute Gasteiger partial charge is 0.482 e. The molecule has 8 heteroatoms. The summed E-state index contributed by atoms with van der Waals surface area (Å²) in [6, 6.07) is 0.943. The third-order valence-electron chi connectivity index (χ3n) is 2.16. The van der Waals surface area contributed by atoms with Crippen LogP contribution in [0.25, 0.3) is 0 Å². The van der Waals surface area contributed by atoms with E-state index in [1.54, 1.807) is 13.0 Å². The molecule has 20 heavy (non-hydrogen) atoms. The Morgan fingerprint density at radius 2 is 2.10 bits per heavy atom. The molecule has 0 unspecified atom stereocenters. The summed E-state index contributed by atoms with van der Waals surface area (Å²) in [5, 5.41) is 13.5. The molecule has 0 fully saturated rings. The second kappa shape index (κ2) is 7.49. The summed E-state index contributed by atoms with van der Waals surface area (Å²) in [5.74, 6) is -1.62. The van der Waals surface area contributed by atoms with Crippen LogP contribution in [0.5, 0.6) is 5.75 Å². The van der Waals surface area contributed by atoms with E-state index in [-0.39, 0.29) is 10.6 Å². The number of aromatic carboxylic acids is 1. The SMILES string of the molecule is CCCNC(=O)NC(=O)COc1cc(C)sc1C(=O)O. The first kappa shape index (κ1) is 16.0. The summed E-state index contributed by atoms with van der Waals surface area (Å²) in [6.07, 6.45) is 0.758. The van der Waals surface area contributed by atoms with Crippen molar-refractivity contribution in [3.8, 4) is 5.75 Å². The second-order valence-corrected chi connectivity index (χ2v) is 5.20. The molecule has 0 atom stereocenters. The molecule has 3 N–H and O–H groups in total. The maximum Gasteiger partial charge on any atom is 0.349 e. The van der Waals surface area contributed by atoms with Gasteiger partial charge in [0, 0.05) is 11.4 Å². The van der Waals surface area contributed by atoms with Gasteiger partial charge in [-0.2, -0.15) is 0 Å². The van der Waals surface area contributed by atoms with Crippen LogP contribution in [0.15, 0.2) is 6.07 Å². The van der Waals surface area contributed by atoms with Crippen molar-refractivity contribution in [1.29, 1.82) is 0 Å². The molecule has 0 spiro atoms. The number of carbonyl (C=O) groups is 3. The number of nitrogens with one attached hydrogen (secondary N) is 2. The average Bonchev–Trinajstić information content (AvgIpc) is 2.75. The van der Waals surface area contributed by atoms with Crippen molar-refractivity contribution in [3.63, 3.8) is 0 Å². The highest BCUT2D eigenvalue weighted by atomic mass is 32.1. The fourth-order valence-corrected chi connectivity index (χ4v) is 2.13. The summed E-state index contributed by atoms with van der Waals surface area (Å²) in [6.45, 7) is 3.67. The number of urea groups is 1. The van der Waals surface area contributed by atoms with Crippen LogP contribution in [0, 0.1) is 6.92 Å². The van der Waals surface area contributed by atoms with Crippen molar-refractivity contribution in [2.45, 2.75) is 20.3 Å². The Kier molecular flexibility index (Phi) is 5.98. The summed E-state index contributed by atoms with van der Waals surface area (Å²) < 4.78 is 5.12. The highest BCUT2D eigenvalue weighted by Gasteiger charge is 2.16. The van der Waals surface area contributed by atoms with Gasteiger partial charge in [0.05, 0.1) is 0 Å². The third kappa shape index (κ3) is 4.88. The van der Waals surface area contributed by atoms with Crippen molar-refractivity contribution in [2.75, 3.05) is 13.2 Å². The lowest BCUT2D eigenvalue weighted by molar-refractivity contribution is -0.122. The predicted molar refractivity (Wildman–Crippen MR) is 73.3 cm³/mol. The van der Waals surface area contributed by atoms with Crippen molar-refractivity contribution in [2.24, 2.45) is 0 Å². The summed E-state index contributed by atoms with van der Waals surface area (Å²) in [7, 11) is 0. The van der Waals surface area contributed by atoms with E-state index in [9.17, 15) is 14.4 Å². The van der Waals surface area contributed by atoms with Gasteiger partial charge in [-0.25, -0.2) is 9.59 Å². The van der Waals surface area contributed by atoms with E-state index >= 15 is 0 Å². The van der Waals surface area contributed by atoms with Crippen LogP contribution in [0.1, 0.15) is 27.9 Å². The Bertz CT molecular complexity index is 512. The number of amides is 3. The van der Waals surface area contributed by atoms with Gasteiger partial charge in [-0.3, -0.25) is 10.1 Å². The van der Waals surface area contributed by atoms with E-state index in [1.807, 2.05) is 6.92 Å². The molecule has 0 aliphatic heterocycles. The van der Waals surface area contributed by atoms with E-state index in [2.05, 4.69) is 10.6 Å². The minimum atomic E-state index is -1.11. The predicted octanol–water partition coefficient (Wildman–Crippen LogP) is 1.37. The first-order valence-corrected chi connectivity index (χ1v) is 6.80. The Hall–Kier alpha value is -2.09. The normalized spacial score (nSPS) is 9.90. The fraction of sp³-hybridized carbons (Fsp3) is 0.417. The van der Waals surface area contributed by atoms with Crippen LogP contribution in [0.4, 0.5) is 4.79 Å². The zero-order chi connectivity index (χ0) is 15.1. The fourth-order valence-electron chi connectivity index (χ4n) is 1.34. The Balaban J connectivity index is 2.49. The smallest absolute Gasteiger partial charge is 0.349 e. The number of aryl methyl sites for hydroxylation is 1. The summed E-state index contributed by atoms with van der Waals surface area (Å²) in [4.78, 5) is 34.4. The van der Waals surface area contributed by atoms with Gasteiger partial charge in [0.1, 0.15) is 5.75 Å². The number of carboxylic acid groups (broad SMARTS) is 1. The Morgan fingerprint density at radius 1 is 1.40 bits per heavy atom.